The maximum absolute atomic E-state index is 13.7. The fourth-order valence-electron chi connectivity index (χ4n) is 2.84. The Morgan fingerprint density at radius 3 is 2.43 bits per heavy atom. The van der Waals surface area contributed by atoms with E-state index in [-0.39, 0.29) is 31.5 Å². The van der Waals surface area contributed by atoms with Gasteiger partial charge in [-0.2, -0.15) is 13.2 Å². The molecule has 1 aliphatic rings. The molecule has 0 aliphatic carbocycles. The predicted octanol–water partition coefficient (Wildman–Crippen LogP) is 2.76. The molecule has 1 amide bonds. The number of alkyl halides is 3. The first-order chi connectivity index (χ1) is 14.0. The maximum atomic E-state index is 13.7. The predicted molar refractivity (Wildman–Crippen MR) is 86.3 cm³/mol. The van der Waals surface area contributed by atoms with Crippen LogP contribution in [0, 0.1) is 27.6 Å². The Morgan fingerprint density at radius 1 is 1.13 bits per heavy atom. The van der Waals surface area contributed by atoms with Crippen LogP contribution >= 0.6 is 0 Å². The largest absolute Gasteiger partial charge is 0.451 e. The molecule has 2 heterocycles. The van der Waals surface area contributed by atoms with Crippen LogP contribution in [0.25, 0.3) is 6.08 Å². The van der Waals surface area contributed by atoms with E-state index >= 15 is 0 Å². The zero-order valence-corrected chi connectivity index (χ0v) is 14.8. The lowest BCUT2D eigenvalue weighted by Gasteiger charge is -2.27. The van der Waals surface area contributed by atoms with Crippen LogP contribution in [-0.4, -0.2) is 37.0 Å². The second kappa shape index (κ2) is 7.76. The molecule has 1 aromatic heterocycles. The summed E-state index contributed by atoms with van der Waals surface area (Å²) in [7, 11) is 0. The number of hydrogen-bond donors (Lipinski definition) is 0. The van der Waals surface area contributed by atoms with E-state index < -0.39 is 58.0 Å². The molecule has 0 spiro atoms. The van der Waals surface area contributed by atoms with Crippen LogP contribution in [0.2, 0.25) is 0 Å². The van der Waals surface area contributed by atoms with Crippen LogP contribution in [0.1, 0.15) is 23.6 Å². The molecule has 8 nitrogen and oxygen atoms in total. The smallest absolute Gasteiger partial charge is 0.333 e. The molecule has 160 valence electrons. The quantitative estimate of drug-likeness (QED) is 0.319. The van der Waals surface area contributed by atoms with Crippen molar-refractivity contribution < 1.29 is 36.1 Å². The lowest BCUT2D eigenvalue weighted by molar-refractivity contribution is -0.425. The molecular formula is C16H11F6N5O3. The molecule has 0 unspecified atom stereocenters. The van der Waals surface area contributed by atoms with E-state index in [2.05, 4.69) is 10.2 Å². The summed E-state index contributed by atoms with van der Waals surface area (Å²) in [6.07, 6.45) is -5.00. The fourth-order valence-corrected chi connectivity index (χ4v) is 2.84. The molecule has 1 aromatic carbocycles. The summed E-state index contributed by atoms with van der Waals surface area (Å²) in [4.78, 5) is 23.7. The van der Waals surface area contributed by atoms with Gasteiger partial charge in [-0.15, -0.1) is 10.2 Å². The van der Waals surface area contributed by atoms with Gasteiger partial charge in [-0.25, -0.2) is 13.2 Å². The number of benzene rings is 1. The van der Waals surface area contributed by atoms with Gasteiger partial charge >= 0.3 is 6.18 Å². The van der Waals surface area contributed by atoms with Crippen molar-refractivity contribution in [3.05, 3.63) is 62.6 Å². The molecule has 0 saturated heterocycles. The van der Waals surface area contributed by atoms with Crippen molar-refractivity contribution in [3.63, 3.8) is 0 Å². The first kappa shape index (κ1) is 21.3. The summed E-state index contributed by atoms with van der Waals surface area (Å²) in [5.74, 6) is -6.41. The average molecular weight is 435 g/mol. The summed E-state index contributed by atoms with van der Waals surface area (Å²) in [6.45, 7) is -0.845. The van der Waals surface area contributed by atoms with Crippen molar-refractivity contribution in [2.45, 2.75) is 25.7 Å². The minimum Gasteiger partial charge on any atom is -0.333 e. The molecule has 30 heavy (non-hydrogen) atoms. The highest BCUT2D eigenvalue weighted by Crippen LogP contribution is 2.29. The fraction of sp³-hybridized carbons (Fsp3) is 0.312. The molecule has 14 heteroatoms. The lowest BCUT2D eigenvalue weighted by atomic mass is 10.1. The average Bonchev–Trinajstić information content (AvgIpc) is 3.08. The van der Waals surface area contributed by atoms with E-state index in [1.807, 2.05) is 0 Å². The Bertz CT molecular complexity index is 1050. The Kier molecular flexibility index (Phi) is 5.50. The molecule has 0 N–H and O–H groups in total. The number of fused-ring (bicyclic) bond motifs is 1. The Balaban J connectivity index is 1.79. The number of rotatable bonds is 4. The third-order valence-corrected chi connectivity index (χ3v) is 4.29. The van der Waals surface area contributed by atoms with E-state index in [1.54, 1.807) is 0 Å². The van der Waals surface area contributed by atoms with E-state index in [0.717, 1.165) is 9.47 Å². The maximum Gasteiger partial charge on any atom is 0.451 e. The summed E-state index contributed by atoms with van der Waals surface area (Å²) in [5.41, 5.74) is -1.45. The van der Waals surface area contributed by atoms with E-state index in [9.17, 15) is 41.3 Å². The summed E-state index contributed by atoms with van der Waals surface area (Å²) in [5, 5.41) is 17.7. The van der Waals surface area contributed by atoms with Crippen LogP contribution in [0.4, 0.5) is 26.3 Å². The first-order valence-electron chi connectivity index (χ1n) is 8.24. The van der Waals surface area contributed by atoms with Crippen molar-refractivity contribution >= 4 is 12.0 Å². The number of nitrogens with zero attached hydrogens (tertiary/aromatic N) is 5. The molecule has 0 atom stereocenters. The van der Waals surface area contributed by atoms with E-state index in [0.29, 0.717) is 12.1 Å². The number of amides is 1. The molecule has 3 rings (SSSR count). The van der Waals surface area contributed by atoms with Gasteiger partial charge in [0.25, 0.3) is 5.70 Å². The monoisotopic (exact) mass is 435 g/mol. The zero-order chi connectivity index (χ0) is 22.2. The molecule has 0 fully saturated rings. The van der Waals surface area contributed by atoms with Gasteiger partial charge in [0.2, 0.25) is 11.7 Å². The number of halogens is 6. The molecule has 0 bridgehead atoms. The summed E-state index contributed by atoms with van der Waals surface area (Å²) < 4.78 is 79.4. The molecule has 2 aromatic rings. The van der Waals surface area contributed by atoms with Gasteiger partial charge in [0.15, 0.2) is 17.5 Å². The summed E-state index contributed by atoms with van der Waals surface area (Å²) >= 11 is 0. The van der Waals surface area contributed by atoms with Crippen molar-refractivity contribution in [2.75, 3.05) is 6.54 Å². The number of carbonyl (C=O) groups excluding carboxylic acids is 1. The van der Waals surface area contributed by atoms with E-state index in [4.69, 9.17) is 0 Å². The standard InChI is InChI=1S/C16H11F6N5O3/c17-10-6-12(19)11(18)4-8(10)3-9(27(29)30)5-14(28)25-1-2-26-13(7-25)23-24-15(26)16(20,21)22/h3-4,6H,1-2,5,7H2/b9-3+. The number of nitro groups is 1. The topological polar surface area (TPSA) is 94.2 Å². The normalized spacial score (nSPS) is 14.6. The number of aromatic nitrogens is 3. The van der Waals surface area contributed by atoms with Gasteiger partial charge in [-0.05, 0) is 6.07 Å². The van der Waals surface area contributed by atoms with Crippen LogP contribution in [0.3, 0.4) is 0 Å². The van der Waals surface area contributed by atoms with Crippen molar-refractivity contribution in [1.29, 1.82) is 0 Å². The third kappa shape index (κ3) is 4.26. The minimum atomic E-state index is -4.73. The Morgan fingerprint density at radius 2 is 1.80 bits per heavy atom. The first-order valence-corrected chi connectivity index (χ1v) is 8.24. The molecular weight excluding hydrogens is 424 g/mol. The zero-order valence-electron chi connectivity index (χ0n) is 14.8. The van der Waals surface area contributed by atoms with Crippen LogP contribution in [0.15, 0.2) is 17.8 Å². The summed E-state index contributed by atoms with van der Waals surface area (Å²) in [6, 6.07) is 0.608. The van der Waals surface area contributed by atoms with Crippen molar-refractivity contribution in [2.24, 2.45) is 0 Å². The van der Waals surface area contributed by atoms with Gasteiger partial charge in [-0.3, -0.25) is 14.9 Å². The highest BCUT2D eigenvalue weighted by atomic mass is 19.4. The van der Waals surface area contributed by atoms with Crippen LogP contribution in [0.5, 0.6) is 0 Å². The second-order valence-corrected chi connectivity index (χ2v) is 6.26. The molecule has 0 radical (unpaired) electrons. The van der Waals surface area contributed by atoms with Crippen LogP contribution < -0.4 is 0 Å². The highest BCUT2D eigenvalue weighted by molar-refractivity contribution is 5.79. The minimum absolute atomic E-state index is 0.153. The van der Waals surface area contributed by atoms with Crippen molar-refractivity contribution in [1.82, 2.24) is 19.7 Å². The molecule has 0 saturated carbocycles. The number of hydrogen-bond acceptors (Lipinski definition) is 5. The van der Waals surface area contributed by atoms with Gasteiger partial charge in [0.05, 0.1) is 11.5 Å². The molecule has 1 aliphatic heterocycles. The van der Waals surface area contributed by atoms with E-state index in [1.165, 1.54) is 0 Å². The van der Waals surface area contributed by atoms with Gasteiger partial charge < -0.3 is 9.47 Å². The van der Waals surface area contributed by atoms with Gasteiger partial charge in [0.1, 0.15) is 12.2 Å². The third-order valence-electron chi connectivity index (χ3n) is 4.29. The van der Waals surface area contributed by atoms with Crippen molar-refractivity contribution in [3.8, 4) is 0 Å². The Labute approximate surface area is 163 Å². The number of carbonyl (C=O) groups is 1. The van der Waals surface area contributed by atoms with Crippen LogP contribution in [-0.2, 0) is 24.1 Å². The SMILES string of the molecule is O=C(C/C(=C\c1cc(F)c(F)cc1F)[N+](=O)[O-])N1CCn2c(nnc2C(F)(F)F)C1. The Hall–Kier alpha value is -3.45. The van der Waals surface area contributed by atoms with Gasteiger partial charge in [-0.1, -0.05) is 0 Å². The second-order valence-electron chi connectivity index (χ2n) is 6.26. The van der Waals surface area contributed by atoms with Gasteiger partial charge in [0, 0.05) is 30.8 Å². The highest BCUT2D eigenvalue weighted by Gasteiger charge is 2.40. The lowest BCUT2D eigenvalue weighted by Crippen LogP contribution is -2.39.